The number of rotatable bonds is 6. The largest absolute Gasteiger partial charge is 0.361 e. The number of carbonyl (C=O) groups is 2. The third kappa shape index (κ3) is 4.43. The third-order valence-electron chi connectivity index (χ3n) is 4.66. The summed E-state index contributed by atoms with van der Waals surface area (Å²) < 4.78 is 5.08. The summed E-state index contributed by atoms with van der Waals surface area (Å²) in [5.74, 6) is 0.604. The topological polar surface area (TPSA) is 75.4 Å². The van der Waals surface area contributed by atoms with Crippen LogP contribution in [0.15, 0.2) is 28.8 Å². The number of aromatic nitrogens is 1. The van der Waals surface area contributed by atoms with Gasteiger partial charge in [-0.15, -0.1) is 0 Å². The molecule has 138 valence electrons. The van der Waals surface area contributed by atoms with Gasteiger partial charge in [-0.1, -0.05) is 28.9 Å². The molecule has 7 heteroatoms. The van der Waals surface area contributed by atoms with Crippen molar-refractivity contribution in [1.29, 1.82) is 0 Å². The number of aryl methyl sites for hydroxylation is 2. The first kappa shape index (κ1) is 18.5. The van der Waals surface area contributed by atoms with E-state index in [9.17, 15) is 9.59 Å². The zero-order chi connectivity index (χ0) is 18.7. The molecule has 0 bridgehead atoms. The summed E-state index contributed by atoms with van der Waals surface area (Å²) in [7, 11) is 0. The summed E-state index contributed by atoms with van der Waals surface area (Å²) in [4.78, 5) is 26.3. The molecule has 1 aromatic heterocycles. The smallest absolute Gasteiger partial charge is 0.224 e. The maximum Gasteiger partial charge on any atom is 0.224 e. The molecule has 2 aromatic rings. The average molecular weight is 376 g/mol. The summed E-state index contributed by atoms with van der Waals surface area (Å²) in [6, 6.07) is 7.48. The Hall–Kier alpha value is -2.34. The first-order valence-corrected chi connectivity index (χ1v) is 9.03. The minimum absolute atomic E-state index is 0.0645. The fourth-order valence-electron chi connectivity index (χ4n) is 3.24. The van der Waals surface area contributed by atoms with E-state index in [2.05, 4.69) is 10.5 Å². The lowest BCUT2D eigenvalue weighted by Gasteiger charge is -2.17. The fraction of sp³-hybridized carbons (Fsp3) is 0.421. The van der Waals surface area contributed by atoms with Crippen molar-refractivity contribution in [3.63, 3.8) is 0 Å². The van der Waals surface area contributed by atoms with E-state index in [1.807, 2.05) is 31.2 Å². The van der Waals surface area contributed by atoms with Gasteiger partial charge in [0, 0.05) is 30.1 Å². The van der Waals surface area contributed by atoms with Crippen molar-refractivity contribution in [2.24, 2.45) is 0 Å². The summed E-state index contributed by atoms with van der Waals surface area (Å²) in [5.41, 5.74) is 2.63. The number of nitrogens with zero attached hydrogens (tertiary/aromatic N) is 2. The molecule has 1 aromatic carbocycles. The van der Waals surface area contributed by atoms with Gasteiger partial charge in [0.25, 0.3) is 0 Å². The van der Waals surface area contributed by atoms with Gasteiger partial charge in [0.05, 0.1) is 18.2 Å². The van der Waals surface area contributed by atoms with E-state index in [4.69, 9.17) is 16.1 Å². The van der Waals surface area contributed by atoms with Crippen LogP contribution in [0.4, 0.5) is 0 Å². The highest BCUT2D eigenvalue weighted by atomic mass is 35.5. The van der Waals surface area contributed by atoms with Gasteiger partial charge < -0.3 is 14.7 Å². The molecular formula is C19H22ClN3O3. The Balaban J connectivity index is 1.50. The van der Waals surface area contributed by atoms with Gasteiger partial charge in [-0.3, -0.25) is 9.59 Å². The lowest BCUT2D eigenvalue weighted by Crippen LogP contribution is -2.38. The molecule has 2 heterocycles. The highest BCUT2D eigenvalue weighted by molar-refractivity contribution is 6.30. The van der Waals surface area contributed by atoms with Crippen molar-refractivity contribution in [2.45, 2.75) is 39.2 Å². The first-order chi connectivity index (χ1) is 12.4. The van der Waals surface area contributed by atoms with Crippen molar-refractivity contribution in [1.82, 2.24) is 15.4 Å². The molecule has 6 nitrogen and oxygen atoms in total. The normalized spacial score (nSPS) is 17.0. The Labute approximate surface area is 157 Å². The molecule has 0 radical (unpaired) electrons. The standard InChI is InChI=1S/C19H22ClN3O3/c1-12-17(13(2)26-22-12)10-18(24)21-16-9-19(25)23(11-16)7-6-14-4-3-5-15(20)8-14/h3-5,8,16H,6-7,9-11H2,1-2H3,(H,21,24)/t16-/m1/s1. The highest BCUT2D eigenvalue weighted by Gasteiger charge is 2.30. The lowest BCUT2D eigenvalue weighted by atomic mass is 10.1. The maximum atomic E-state index is 12.3. The molecule has 0 unspecified atom stereocenters. The molecule has 1 aliphatic heterocycles. The van der Waals surface area contributed by atoms with Crippen LogP contribution in [0.1, 0.15) is 29.0 Å². The monoisotopic (exact) mass is 375 g/mol. The molecule has 1 saturated heterocycles. The Morgan fingerprint density at radius 3 is 2.92 bits per heavy atom. The maximum absolute atomic E-state index is 12.3. The second kappa shape index (κ2) is 7.91. The van der Waals surface area contributed by atoms with Gasteiger partial charge in [0.15, 0.2) is 0 Å². The number of hydrogen-bond acceptors (Lipinski definition) is 4. The Bertz CT molecular complexity index is 799. The summed E-state index contributed by atoms with van der Waals surface area (Å²) >= 11 is 5.99. The van der Waals surface area contributed by atoms with Crippen LogP contribution >= 0.6 is 11.6 Å². The molecule has 0 saturated carbocycles. The molecular weight excluding hydrogens is 354 g/mol. The van der Waals surface area contributed by atoms with Gasteiger partial charge in [-0.2, -0.15) is 0 Å². The van der Waals surface area contributed by atoms with Crippen LogP contribution in [0.25, 0.3) is 0 Å². The van der Waals surface area contributed by atoms with Gasteiger partial charge in [0.2, 0.25) is 11.8 Å². The van der Waals surface area contributed by atoms with Crippen molar-refractivity contribution < 1.29 is 14.1 Å². The number of likely N-dealkylation sites (tertiary alicyclic amines) is 1. The number of nitrogens with one attached hydrogen (secondary N) is 1. The minimum Gasteiger partial charge on any atom is -0.361 e. The quantitative estimate of drug-likeness (QED) is 0.841. The van der Waals surface area contributed by atoms with Crippen molar-refractivity contribution in [3.05, 3.63) is 51.9 Å². The molecule has 1 aliphatic rings. The van der Waals surface area contributed by atoms with Gasteiger partial charge >= 0.3 is 0 Å². The third-order valence-corrected chi connectivity index (χ3v) is 4.89. The second-order valence-electron chi connectivity index (χ2n) is 6.67. The van der Waals surface area contributed by atoms with Crippen LogP contribution in [0.5, 0.6) is 0 Å². The average Bonchev–Trinajstić information content (AvgIpc) is 3.09. The molecule has 2 amide bonds. The summed E-state index contributed by atoms with van der Waals surface area (Å²) in [5, 5.41) is 7.50. The predicted octanol–water partition coefficient (Wildman–Crippen LogP) is 2.45. The van der Waals surface area contributed by atoms with Gasteiger partial charge in [-0.05, 0) is 38.0 Å². The van der Waals surface area contributed by atoms with Crippen LogP contribution in [0.3, 0.4) is 0 Å². The zero-order valence-electron chi connectivity index (χ0n) is 14.9. The van der Waals surface area contributed by atoms with E-state index in [0.29, 0.717) is 30.3 Å². The van der Waals surface area contributed by atoms with Gasteiger partial charge in [0.1, 0.15) is 5.76 Å². The Morgan fingerprint density at radius 2 is 2.23 bits per heavy atom. The van der Waals surface area contributed by atoms with Crippen molar-refractivity contribution in [3.8, 4) is 0 Å². The fourth-order valence-corrected chi connectivity index (χ4v) is 3.45. The number of hydrogen-bond donors (Lipinski definition) is 1. The lowest BCUT2D eigenvalue weighted by molar-refractivity contribution is -0.127. The molecule has 0 aliphatic carbocycles. The van der Waals surface area contributed by atoms with Crippen LogP contribution in [0.2, 0.25) is 5.02 Å². The molecule has 0 spiro atoms. The van der Waals surface area contributed by atoms with Crippen LogP contribution in [0, 0.1) is 13.8 Å². The summed E-state index contributed by atoms with van der Waals surface area (Å²) in [6.45, 7) is 4.76. The minimum atomic E-state index is -0.158. The Morgan fingerprint density at radius 1 is 1.42 bits per heavy atom. The van der Waals surface area contributed by atoms with E-state index in [-0.39, 0.29) is 24.3 Å². The van der Waals surface area contributed by atoms with E-state index in [1.165, 1.54) is 0 Å². The van der Waals surface area contributed by atoms with Crippen LogP contribution < -0.4 is 5.32 Å². The second-order valence-corrected chi connectivity index (χ2v) is 7.10. The first-order valence-electron chi connectivity index (χ1n) is 8.65. The van der Waals surface area contributed by atoms with Crippen LogP contribution in [-0.4, -0.2) is 41.0 Å². The highest BCUT2D eigenvalue weighted by Crippen LogP contribution is 2.16. The number of amides is 2. The molecule has 1 atom stereocenters. The zero-order valence-corrected chi connectivity index (χ0v) is 15.7. The molecule has 3 rings (SSSR count). The molecule has 1 N–H and O–H groups in total. The van der Waals surface area contributed by atoms with E-state index in [0.717, 1.165) is 23.2 Å². The number of benzene rings is 1. The SMILES string of the molecule is Cc1noc(C)c1CC(=O)N[C@@H]1CC(=O)N(CCc2cccc(Cl)c2)C1. The van der Waals surface area contributed by atoms with Crippen molar-refractivity contribution >= 4 is 23.4 Å². The predicted molar refractivity (Wildman–Crippen MR) is 98.0 cm³/mol. The number of halogens is 1. The molecule has 1 fully saturated rings. The van der Waals surface area contributed by atoms with E-state index in [1.54, 1.807) is 11.8 Å². The van der Waals surface area contributed by atoms with E-state index < -0.39 is 0 Å². The van der Waals surface area contributed by atoms with E-state index >= 15 is 0 Å². The Kier molecular flexibility index (Phi) is 5.61. The van der Waals surface area contributed by atoms with Crippen molar-refractivity contribution in [2.75, 3.05) is 13.1 Å². The molecule has 26 heavy (non-hydrogen) atoms. The van der Waals surface area contributed by atoms with Crippen LogP contribution in [-0.2, 0) is 22.4 Å². The van der Waals surface area contributed by atoms with Gasteiger partial charge in [-0.25, -0.2) is 0 Å². The number of carbonyl (C=O) groups excluding carboxylic acids is 2. The summed E-state index contributed by atoms with van der Waals surface area (Å²) in [6.07, 6.45) is 1.29.